The average molecular weight is 368 g/mol. The van der Waals surface area contributed by atoms with Gasteiger partial charge in [0.25, 0.3) is 0 Å². The Labute approximate surface area is 156 Å². The zero-order valence-corrected chi connectivity index (χ0v) is 17.7. The van der Waals surface area contributed by atoms with Gasteiger partial charge in [-0.15, -0.1) is 20.6 Å². The third kappa shape index (κ3) is 7.98. The van der Waals surface area contributed by atoms with E-state index in [4.69, 9.17) is 5.73 Å². The lowest BCUT2D eigenvalue weighted by Gasteiger charge is -2.23. The molecule has 0 spiro atoms. The van der Waals surface area contributed by atoms with Gasteiger partial charge in [-0.3, -0.25) is 0 Å². The van der Waals surface area contributed by atoms with E-state index in [1.54, 1.807) is 4.88 Å². The number of thiophene rings is 1. The highest BCUT2D eigenvalue weighted by molar-refractivity contribution is 7.16. The Kier molecular flexibility index (Phi) is 9.30. The summed E-state index contributed by atoms with van der Waals surface area (Å²) in [5.74, 6) is 1.05. The number of hydrogen-bond donors (Lipinski definition) is 1. The second kappa shape index (κ2) is 10.9. The summed E-state index contributed by atoms with van der Waals surface area (Å²) in [4.78, 5) is 3.10. The lowest BCUT2D eigenvalue weighted by molar-refractivity contribution is 0.328. The summed E-state index contributed by atoms with van der Waals surface area (Å²) in [6, 6.07) is 4.68. The van der Waals surface area contributed by atoms with Gasteiger partial charge in [-0.05, 0) is 63.2 Å². The molecule has 1 fully saturated rings. The molecule has 1 aromatic rings. The predicted molar refractivity (Wildman–Crippen MR) is 113 cm³/mol. The molecular weight excluding hydrogens is 329 g/mol. The fourth-order valence-corrected chi connectivity index (χ4v) is 5.66. The minimum Gasteiger partial charge on any atom is -0.325 e. The molecule has 138 valence electrons. The van der Waals surface area contributed by atoms with E-state index >= 15 is 0 Å². The van der Waals surface area contributed by atoms with E-state index < -0.39 is 0 Å². The molecule has 0 aromatic carbocycles. The second-order valence-electron chi connectivity index (χ2n) is 8.16. The smallest absolute Gasteiger partial charge is 0.0132 e. The van der Waals surface area contributed by atoms with Crippen molar-refractivity contribution in [2.75, 3.05) is 6.16 Å². The normalized spacial score (nSPS) is 18.6. The summed E-state index contributed by atoms with van der Waals surface area (Å²) < 4.78 is 0. The van der Waals surface area contributed by atoms with E-state index in [9.17, 15) is 0 Å². The van der Waals surface area contributed by atoms with Crippen LogP contribution in [-0.4, -0.2) is 11.7 Å². The molecule has 3 heteroatoms. The van der Waals surface area contributed by atoms with Gasteiger partial charge in [0.1, 0.15) is 0 Å². The van der Waals surface area contributed by atoms with Crippen LogP contribution in [0.1, 0.15) is 87.3 Å². The summed E-state index contributed by atoms with van der Waals surface area (Å²) in [7, 11) is 2.79. The number of rotatable bonds is 11. The van der Waals surface area contributed by atoms with E-state index in [-0.39, 0.29) is 5.54 Å². The molecule has 2 rings (SSSR count). The summed E-state index contributed by atoms with van der Waals surface area (Å²) in [5.41, 5.74) is 6.34. The minimum absolute atomic E-state index is 0.00891. The van der Waals surface area contributed by atoms with Crippen LogP contribution in [0.25, 0.3) is 0 Å². The van der Waals surface area contributed by atoms with Gasteiger partial charge in [-0.25, -0.2) is 0 Å². The van der Waals surface area contributed by atoms with Gasteiger partial charge in [0.2, 0.25) is 0 Å². The fraction of sp³-hybridized carbons (Fsp3) is 0.810. The van der Waals surface area contributed by atoms with Gasteiger partial charge in [-0.2, -0.15) is 0 Å². The molecule has 1 saturated carbocycles. The van der Waals surface area contributed by atoms with Crippen molar-refractivity contribution in [2.45, 2.75) is 95.9 Å². The molecular formula is C21H38NPS. The minimum atomic E-state index is -0.00891. The molecule has 1 heterocycles. The van der Waals surface area contributed by atoms with Crippen LogP contribution in [0.15, 0.2) is 12.1 Å². The Balaban J connectivity index is 1.57. The number of hydrogen-bond acceptors (Lipinski definition) is 2. The zero-order valence-electron chi connectivity index (χ0n) is 15.7. The maximum Gasteiger partial charge on any atom is 0.0132 e. The zero-order chi connectivity index (χ0) is 17.3. The topological polar surface area (TPSA) is 26.0 Å². The van der Waals surface area contributed by atoms with Crippen LogP contribution in [0.5, 0.6) is 0 Å². The van der Waals surface area contributed by atoms with Crippen molar-refractivity contribution in [1.82, 2.24) is 0 Å². The van der Waals surface area contributed by atoms with Gasteiger partial charge < -0.3 is 5.73 Å². The first-order chi connectivity index (χ1) is 11.6. The standard InChI is InChI=1S/C21H38NPS/c1-21(22,16-17-23)15-14-20-13-12-19(24-20)11-7-3-6-10-18-8-4-2-5-9-18/h12-13,18H,2-11,14-17,22-23H2,1H3. The maximum absolute atomic E-state index is 6.35. The summed E-state index contributed by atoms with van der Waals surface area (Å²) in [5, 5.41) is 0. The molecule has 0 saturated heterocycles. The van der Waals surface area contributed by atoms with Crippen molar-refractivity contribution < 1.29 is 0 Å². The van der Waals surface area contributed by atoms with Gasteiger partial charge in [0.05, 0.1) is 0 Å². The number of nitrogens with two attached hydrogens (primary N) is 1. The number of aryl methyl sites for hydroxylation is 2. The lowest BCUT2D eigenvalue weighted by Crippen LogP contribution is -2.36. The van der Waals surface area contributed by atoms with E-state index in [1.165, 1.54) is 69.1 Å². The summed E-state index contributed by atoms with van der Waals surface area (Å²) >= 11 is 2.02. The van der Waals surface area contributed by atoms with Crippen LogP contribution in [0, 0.1) is 5.92 Å². The molecule has 0 bridgehead atoms. The van der Waals surface area contributed by atoms with Crippen molar-refractivity contribution in [2.24, 2.45) is 11.7 Å². The van der Waals surface area contributed by atoms with Crippen molar-refractivity contribution in [1.29, 1.82) is 0 Å². The molecule has 1 aliphatic carbocycles. The SMILES string of the molecule is CC(N)(CCP)CCc1ccc(CCCCCC2CCCCC2)s1. The maximum atomic E-state index is 6.35. The third-order valence-electron chi connectivity index (χ3n) is 5.64. The number of unbranched alkanes of at least 4 members (excludes halogenated alkanes) is 2. The van der Waals surface area contributed by atoms with Crippen molar-refractivity contribution in [3.05, 3.63) is 21.9 Å². The molecule has 1 nitrogen and oxygen atoms in total. The van der Waals surface area contributed by atoms with Crippen LogP contribution in [0.2, 0.25) is 0 Å². The highest BCUT2D eigenvalue weighted by Gasteiger charge is 2.17. The van der Waals surface area contributed by atoms with Gasteiger partial charge in [-0.1, -0.05) is 51.4 Å². The van der Waals surface area contributed by atoms with E-state index in [2.05, 4.69) is 28.3 Å². The Bertz CT molecular complexity index is 448. The van der Waals surface area contributed by atoms with E-state index in [0.29, 0.717) is 0 Å². The molecule has 2 atom stereocenters. The molecule has 0 radical (unpaired) electrons. The molecule has 24 heavy (non-hydrogen) atoms. The lowest BCUT2D eigenvalue weighted by atomic mass is 9.85. The summed E-state index contributed by atoms with van der Waals surface area (Å²) in [6.45, 7) is 2.19. The largest absolute Gasteiger partial charge is 0.325 e. The van der Waals surface area contributed by atoms with Crippen LogP contribution < -0.4 is 5.73 Å². The Hall–Kier alpha value is 0.0900. The quantitative estimate of drug-likeness (QED) is 0.358. The Morgan fingerprint density at radius 1 is 1.04 bits per heavy atom. The van der Waals surface area contributed by atoms with Gasteiger partial charge >= 0.3 is 0 Å². The Morgan fingerprint density at radius 3 is 2.46 bits per heavy atom. The molecule has 0 amide bonds. The predicted octanol–water partition coefficient (Wildman–Crippen LogP) is 6.35. The van der Waals surface area contributed by atoms with Gasteiger partial charge in [0.15, 0.2) is 0 Å². The average Bonchev–Trinajstić information content (AvgIpc) is 3.02. The van der Waals surface area contributed by atoms with Crippen molar-refractivity contribution >= 4 is 20.6 Å². The third-order valence-corrected chi connectivity index (χ3v) is 7.13. The first-order valence-corrected chi connectivity index (χ1v) is 11.8. The molecule has 1 aliphatic rings. The molecule has 2 unspecified atom stereocenters. The highest BCUT2D eigenvalue weighted by Crippen LogP contribution is 2.28. The molecule has 2 N–H and O–H groups in total. The van der Waals surface area contributed by atoms with E-state index in [1.807, 2.05) is 11.3 Å². The first kappa shape index (κ1) is 20.4. The van der Waals surface area contributed by atoms with Crippen LogP contribution in [0.3, 0.4) is 0 Å². The van der Waals surface area contributed by atoms with Crippen molar-refractivity contribution in [3.8, 4) is 0 Å². The van der Waals surface area contributed by atoms with Crippen LogP contribution >= 0.6 is 20.6 Å². The monoisotopic (exact) mass is 367 g/mol. The van der Waals surface area contributed by atoms with Crippen LogP contribution in [0.4, 0.5) is 0 Å². The van der Waals surface area contributed by atoms with Crippen LogP contribution in [-0.2, 0) is 12.8 Å². The first-order valence-electron chi connectivity index (χ1n) is 10.2. The second-order valence-corrected chi connectivity index (χ2v) is 9.99. The summed E-state index contributed by atoms with van der Waals surface area (Å²) in [6.07, 6.45) is 18.9. The van der Waals surface area contributed by atoms with Crippen molar-refractivity contribution in [3.63, 3.8) is 0 Å². The van der Waals surface area contributed by atoms with Gasteiger partial charge in [0, 0.05) is 15.3 Å². The fourth-order valence-electron chi connectivity index (χ4n) is 3.94. The van der Waals surface area contributed by atoms with E-state index in [0.717, 1.165) is 31.3 Å². The molecule has 1 aromatic heterocycles. The molecule has 0 aliphatic heterocycles. The highest BCUT2D eigenvalue weighted by atomic mass is 32.1. The Morgan fingerprint density at radius 2 is 1.75 bits per heavy atom.